The number of amides is 1. The second-order valence-corrected chi connectivity index (χ2v) is 7.36. The van der Waals surface area contributed by atoms with Crippen LogP contribution in [-0.2, 0) is 4.79 Å². The summed E-state index contributed by atoms with van der Waals surface area (Å²) in [6.45, 7) is 5.83. The zero-order valence-electron chi connectivity index (χ0n) is 17.2. The molecule has 1 amide bonds. The molecule has 6 nitrogen and oxygen atoms in total. The van der Waals surface area contributed by atoms with Gasteiger partial charge in [0.15, 0.2) is 5.11 Å². The molecule has 3 rings (SSSR count). The maximum atomic E-state index is 13.3. The summed E-state index contributed by atoms with van der Waals surface area (Å²) in [6.07, 6.45) is 0. The second-order valence-electron chi connectivity index (χ2n) is 6.95. The van der Waals surface area contributed by atoms with E-state index in [-0.39, 0.29) is 5.91 Å². The Balaban J connectivity index is 2.01. The van der Waals surface area contributed by atoms with Crippen molar-refractivity contribution in [2.75, 3.05) is 19.5 Å². The number of carbonyl (C=O) groups is 1. The maximum absolute atomic E-state index is 13.3. The number of nitrogens with one attached hydrogen (secondary N) is 3. The van der Waals surface area contributed by atoms with E-state index < -0.39 is 6.04 Å². The smallest absolute Gasteiger partial charge is 0.255 e. The van der Waals surface area contributed by atoms with Crippen molar-refractivity contribution in [1.29, 1.82) is 0 Å². The summed E-state index contributed by atoms with van der Waals surface area (Å²) in [6, 6.07) is 11.0. The first-order chi connectivity index (χ1) is 13.8. The Morgan fingerprint density at radius 3 is 2.48 bits per heavy atom. The standard InChI is InChI=1S/C22H25N3O3S/c1-12-6-9-17(13(2)10-12)24-21(26)19-14(3)23-22(29)25-20(19)16-8-7-15(27-4)11-18(16)28-5/h6-11,20H,1-5H3,(H,24,26)(H2,23,25,29)/t20-/m0/s1. The topological polar surface area (TPSA) is 71.6 Å². The lowest BCUT2D eigenvalue weighted by Crippen LogP contribution is -2.45. The molecule has 0 saturated carbocycles. The minimum atomic E-state index is -0.463. The minimum absolute atomic E-state index is 0.208. The summed E-state index contributed by atoms with van der Waals surface area (Å²) in [4.78, 5) is 13.3. The van der Waals surface area contributed by atoms with Crippen molar-refractivity contribution < 1.29 is 14.3 Å². The molecule has 2 aromatic carbocycles. The first-order valence-electron chi connectivity index (χ1n) is 9.23. The summed E-state index contributed by atoms with van der Waals surface area (Å²) >= 11 is 5.34. The number of allylic oxidation sites excluding steroid dienone is 1. The van der Waals surface area contributed by atoms with Crippen molar-refractivity contribution in [3.05, 3.63) is 64.4 Å². The van der Waals surface area contributed by atoms with Gasteiger partial charge in [-0.25, -0.2) is 0 Å². The van der Waals surface area contributed by atoms with Crippen molar-refractivity contribution in [3.8, 4) is 11.5 Å². The molecule has 0 spiro atoms. The fourth-order valence-corrected chi connectivity index (χ4v) is 3.70. The molecule has 29 heavy (non-hydrogen) atoms. The number of hydrogen-bond donors (Lipinski definition) is 3. The molecule has 1 aliphatic heterocycles. The van der Waals surface area contributed by atoms with Crippen LogP contribution >= 0.6 is 12.2 Å². The molecule has 0 aromatic heterocycles. The molecule has 1 atom stereocenters. The Morgan fingerprint density at radius 2 is 1.83 bits per heavy atom. The van der Waals surface area contributed by atoms with Gasteiger partial charge in [-0.2, -0.15) is 0 Å². The van der Waals surface area contributed by atoms with Crippen molar-refractivity contribution in [2.24, 2.45) is 0 Å². The molecule has 0 radical (unpaired) electrons. The van der Waals surface area contributed by atoms with Crippen molar-refractivity contribution >= 4 is 28.9 Å². The van der Waals surface area contributed by atoms with Gasteiger partial charge in [-0.15, -0.1) is 0 Å². The van der Waals surface area contributed by atoms with Crippen LogP contribution in [0.5, 0.6) is 11.5 Å². The Kier molecular flexibility index (Phi) is 6.08. The number of carbonyl (C=O) groups excluding carboxylic acids is 1. The zero-order chi connectivity index (χ0) is 21.1. The quantitative estimate of drug-likeness (QED) is 0.651. The van der Waals surface area contributed by atoms with Crippen molar-refractivity contribution in [1.82, 2.24) is 10.6 Å². The molecule has 0 fully saturated rings. The van der Waals surface area contributed by atoms with Crippen LogP contribution in [0, 0.1) is 13.8 Å². The summed E-state index contributed by atoms with van der Waals surface area (Å²) < 4.78 is 10.8. The number of rotatable bonds is 5. The average Bonchev–Trinajstić information content (AvgIpc) is 2.68. The first-order valence-corrected chi connectivity index (χ1v) is 9.63. The van der Waals surface area contributed by atoms with Gasteiger partial charge in [-0.3, -0.25) is 4.79 Å². The van der Waals surface area contributed by atoms with Gasteiger partial charge in [-0.1, -0.05) is 17.7 Å². The van der Waals surface area contributed by atoms with E-state index in [1.165, 1.54) is 0 Å². The van der Waals surface area contributed by atoms with Crippen LogP contribution in [0.3, 0.4) is 0 Å². The highest BCUT2D eigenvalue weighted by molar-refractivity contribution is 7.80. The molecule has 0 bridgehead atoms. The zero-order valence-corrected chi connectivity index (χ0v) is 18.0. The summed E-state index contributed by atoms with van der Waals surface area (Å²) in [7, 11) is 3.18. The second kappa shape index (κ2) is 8.53. The molecule has 1 heterocycles. The fourth-order valence-electron chi connectivity index (χ4n) is 3.43. The molecule has 3 N–H and O–H groups in total. The number of thiocarbonyl (C=S) groups is 1. The highest BCUT2D eigenvalue weighted by Crippen LogP contribution is 2.36. The number of hydrogen-bond acceptors (Lipinski definition) is 4. The van der Waals surface area contributed by atoms with E-state index in [1.54, 1.807) is 20.3 Å². The van der Waals surface area contributed by atoms with Gasteiger partial charge < -0.3 is 25.4 Å². The predicted octanol–water partition coefficient (Wildman–Crippen LogP) is 3.75. The van der Waals surface area contributed by atoms with Crippen LogP contribution in [0.1, 0.15) is 29.7 Å². The highest BCUT2D eigenvalue weighted by atomic mass is 32.1. The van der Waals surface area contributed by atoms with Gasteiger partial charge in [0, 0.05) is 23.0 Å². The van der Waals surface area contributed by atoms with Gasteiger partial charge in [0.2, 0.25) is 0 Å². The minimum Gasteiger partial charge on any atom is -0.497 e. The first kappa shape index (κ1) is 20.7. The highest BCUT2D eigenvalue weighted by Gasteiger charge is 2.32. The Hall–Kier alpha value is -3.06. The number of benzene rings is 2. The van der Waals surface area contributed by atoms with Crippen molar-refractivity contribution in [3.63, 3.8) is 0 Å². The van der Waals surface area contributed by atoms with Crippen LogP contribution in [0.2, 0.25) is 0 Å². The van der Waals surface area contributed by atoms with E-state index in [1.807, 2.05) is 51.1 Å². The van der Waals surface area contributed by atoms with Crippen LogP contribution in [-0.4, -0.2) is 25.2 Å². The largest absolute Gasteiger partial charge is 0.497 e. The summed E-state index contributed by atoms with van der Waals surface area (Å²) in [5.41, 5.74) is 4.95. The fraction of sp³-hybridized carbons (Fsp3) is 0.273. The Labute approximate surface area is 176 Å². The summed E-state index contributed by atoms with van der Waals surface area (Å²) in [5.74, 6) is 1.07. The third-order valence-corrected chi connectivity index (χ3v) is 5.12. The van der Waals surface area contributed by atoms with E-state index in [0.717, 1.165) is 22.4 Å². The van der Waals surface area contributed by atoms with E-state index in [9.17, 15) is 4.79 Å². The van der Waals surface area contributed by atoms with Crippen LogP contribution in [0.25, 0.3) is 0 Å². The maximum Gasteiger partial charge on any atom is 0.255 e. The third-order valence-electron chi connectivity index (χ3n) is 4.90. The predicted molar refractivity (Wildman–Crippen MR) is 118 cm³/mol. The molecule has 1 aliphatic rings. The molecular weight excluding hydrogens is 386 g/mol. The van der Waals surface area contributed by atoms with E-state index >= 15 is 0 Å². The van der Waals surface area contributed by atoms with Gasteiger partial charge in [0.05, 0.1) is 25.8 Å². The number of aryl methyl sites for hydroxylation is 2. The van der Waals surface area contributed by atoms with Gasteiger partial charge >= 0.3 is 0 Å². The lowest BCUT2D eigenvalue weighted by atomic mass is 9.94. The number of anilines is 1. The van der Waals surface area contributed by atoms with E-state index in [2.05, 4.69) is 16.0 Å². The molecule has 2 aromatic rings. The monoisotopic (exact) mass is 411 g/mol. The normalized spacial score (nSPS) is 16.0. The van der Waals surface area contributed by atoms with Crippen LogP contribution in [0.15, 0.2) is 47.7 Å². The van der Waals surface area contributed by atoms with Gasteiger partial charge in [0.1, 0.15) is 11.5 Å². The van der Waals surface area contributed by atoms with Crippen LogP contribution < -0.4 is 25.4 Å². The Bertz CT molecular complexity index is 1000. The molecule has 0 unspecified atom stereocenters. The lowest BCUT2D eigenvalue weighted by Gasteiger charge is -2.31. The van der Waals surface area contributed by atoms with Gasteiger partial charge in [-0.05, 0) is 56.8 Å². The van der Waals surface area contributed by atoms with Gasteiger partial charge in [0.25, 0.3) is 5.91 Å². The average molecular weight is 412 g/mol. The third kappa shape index (κ3) is 4.35. The SMILES string of the molecule is COc1ccc([C@@H]2NC(=S)NC(C)=C2C(=O)Nc2ccc(C)cc2C)c(OC)c1. The van der Waals surface area contributed by atoms with Crippen molar-refractivity contribution in [2.45, 2.75) is 26.8 Å². The summed E-state index contributed by atoms with van der Waals surface area (Å²) in [5, 5.41) is 9.73. The molecule has 7 heteroatoms. The molecule has 0 aliphatic carbocycles. The lowest BCUT2D eigenvalue weighted by molar-refractivity contribution is -0.113. The van der Waals surface area contributed by atoms with Crippen LogP contribution in [0.4, 0.5) is 5.69 Å². The molecule has 0 saturated heterocycles. The Morgan fingerprint density at radius 1 is 1.07 bits per heavy atom. The van der Waals surface area contributed by atoms with E-state index in [0.29, 0.717) is 27.9 Å². The van der Waals surface area contributed by atoms with E-state index in [4.69, 9.17) is 21.7 Å². The number of methoxy groups -OCH3 is 2. The number of ether oxygens (including phenoxy) is 2. The molecular formula is C22H25N3O3S. The molecule has 152 valence electrons.